The van der Waals surface area contributed by atoms with Gasteiger partial charge in [0, 0.05) is 24.9 Å². The fourth-order valence-electron chi connectivity index (χ4n) is 10.3. The summed E-state index contributed by atoms with van der Waals surface area (Å²) in [6.07, 6.45) is 9.28. The highest BCUT2D eigenvalue weighted by Crippen LogP contribution is 2.65. The van der Waals surface area contributed by atoms with E-state index in [9.17, 15) is 0 Å². The van der Waals surface area contributed by atoms with Gasteiger partial charge in [0.15, 0.2) is 0 Å². The molecule has 3 aromatic carbocycles. The van der Waals surface area contributed by atoms with Gasteiger partial charge in [-0.25, -0.2) is 9.97 Å². The molecule has 2 heterocycles. The number of rotatable bonds is 6. The van der Waals surface area contributed by atoms with E-state index in [2.05, 4.69) is 136 Å². The van der Waals surface area contributed by atoms with Crippen LogP contribution in [0.5, 0.6) is 0 Å². The molecule has 4 unspecified atom stereocenters. The van der Waals surface area contributed by atoms with Gasteiger partial charge >= 0.3 is 0 Å². The number of pyridine rings is 2. The zero-order chi connectivity index (χ0) is 33.4. The van der Waals surface area contributed by atoms with E-state index in [1.165, 1.54) is 65.5 Å². The van der Waals surface area contributed by atoms with E-state index in [-0.39, 0.29) is 16.2 Å². The van der Waals surface area contributed by atoms with Gasteiger partial charge in [0.2, 0.25) is 0 Å². The van der Waals surface area contributed by atoms with E-state index in [1.54, 1.807) is 16.7 Å². The molecule has 4 aliphatic rings. The van der Waals surface area contributed by atoms with Crippen LogP contribution in [0.1, 0.15) is 95.9 Å². The van der Waals surface area contributed by atoms with Gasteiger partial charge in [-0.1, -0.05) is 102 Å². The molecule has 4 bridgehead atoms. The first-order valence-electron chi connectivity index (χ1n) is 18.3. The fraction of sp³-hybridized carbons (Fsp3) is 0.455. The molecule has 2 aromatic heterocycles. The lowest BCUT2D eigenvalue weighted by Crippen LogP contribution is -2.56. The van der Waals surface area contributed by atoms with Crippen LogP contribution in [0.25, 0.3) is 21.8 Å². The Kier molecular flexibility index (Phi) is 8.13. The van der Waals surface area contributed by atoms with Crippen LogP contribution in [0.3, 0.4) is 0 Å². The lowest BCUT2D eigenvalue weighted by atomic mass is 9.43. The van der Waals surface area contributed by atoms with Gasteiger partial charge in [0.1, 0.15) is 0 Å². The highest BCUT2D eigenvalue weighted by molar-refractivity contribution is 7.71. The quantitative estimate of drug-likeness (QED) is 0.168. The summed E-state index contributed by atoms with van der Waals surface area (Å²) in [5, 5.41) is 2.40. The minimum Gasteiger partial charge on any atom is -0.248 e. The standard InChI is InChI=1S/C44H52N2P2/c1-42(2,3)35-22-33(34(23-36(35)43(4,5)6)44-24-28-19-29(25-44)21-32(20-28)37(44)26-47)27-48(40-17-15-30-11-7-9-13-38(30)45-40)41-18-16-31-12-8-10-14-39(31)46-41/h7-18,22-23,28-29,32,37H,19-21,24-27,47H2,1-6H3. The summed E-state index contributed by atoms with van der Waals surface area (Å²) in [5.41, 5.74) is 11.2. The molecule has 5 aromatic rings. The molecular formula is C44H52N2P2. The predicted molar refractivity (Wildman–Crippen MR) is 211 cm³/mol. The van der Waals surface area contributed by atoms with Crippen molar-refractivity contribution in [2.75, 3.05) is 6.16 Å². The summed E-state index contributed by atoms with van der Waals surface area (Å²) in [6, 6.07) is 31.8. The molecule has 0 N–H and O–H groups in total. The van der Waals surface area contributed by atoms with Crippen LogP contribution in [0, 0.1) is 23.7 Å². The fourth-order valence-corrected chi connectivity index (χ4v) is 13.3. The van der Waals surface area contributed by atoms with Crippen LogP contribution in [0.15, 0.2) is 84.9 Å². The van der Waals surface area contributed by atoms with Crippen molar-refractivity contribution in [3.8, 4) is 0 Å². The van der Waals surface area contributed by atoms with Crippen LogP contribution in [-0.2, 0) is 22.4 Å². The van der Waals surface area contributed by atoms with Gasteiger partial charge < -0.3 is 0 Å². The first-order valence-corrected chi connectivity index (χ1v) is 20.6. The molecular weight excluding hydrogens is 618 g/mol. The molecule has 0 aliphatic heterocycles. The maximum absolute atomic E-state index is 5.39. The molecule has 9 rings (SSSR count). The molecule has 2 nitrogen and oxygen atoms in total. The zero-order valence-corrected chi connectivity index (χ0v) is 31.8. The molecule has 4 heteroatoms. The second kappa shape index (κ2) is 12.0. The van der Waals surface area contributed by atoms with Crippen molar-refractivity contribution in [2.24, 2.45) is 23.7 Å². The van der Waals surface area contributed by atoms with E-state index < -0.39 is 7.92 Å². The Labute approximate surface area is 291 Å². The second-order valence-electron chi connectivity index (χ2n) is 17.5. The minimum atomic E-state index is -0.863. The summed E-state index contributed by atoms with van der Waals surface area (Å²) in [5.74, 6) is 3.38. The van der Waals surface area contributed by atoms with E-state index in [1.807, 2.05) is 0 Å². The molecule has 248 valence electrons. The Balaban J connectivity index is 1.37. The lowest BCUT2D eigenvalue weighted by molar-refractivity contribution is -0.0521. The molecule has 0 saturated heterocycles. The highest BCUT2D eigenvalue weighted by atomic mass is 31.1. The third-order valence-corrected chi connectivity index (χ3v) is 15.0. The first-order chi connectivity index (χ1) is 22.9. The van der Waals surface area contributed by atoms with Gasteiger partial charge in [-0.05, 0) is 125 Å². The number of hydrogen-bond acceptors (Lipinski definition) is 2. The number of nitrogens with zero attached hydrogens (tertiary/aromatic N) is 2. The van der Waals surface area contributed by atoms with Crippen LogP contribution < -0.4 is 10.9 Å². The lowest BCUT2D eigenvalue weighted by Gasteiger charge is -2.62. The molecule has 48 heavy (non-hydrogen) atoms. The Morgan fingerprint density at radius 1 is 0.688 bits per heavy atom. The summed E-state index contributed by atoms with van der Waals surface area (Å²) >= 11 is 0. The monoisotopic (exact) mass is 670 g/mol. The Bertz CT molecular complexity index is 1910. The molecule has 4 atom stereocenters. The molecule has 0 radical (unpaired) electrons. The molecule has 0 spiro atoms. The molecule has 4 fully saturated rings. The van der Waals surface area contributed by atoms with Crippen molar-refractivity contribution in [2.45, 2.75) is 96.1 Å². The number of fused-ring (bicyclic) bond motifs is 2. The van der Waals surface area contributed by atoms with E-state index >= 15 is 0 Å². The van der Waals surface area contributed by atoms with E-state index in [4.69, 9.17) is 9.97 Å². The SMILES string of the molecule is CC(C)(C)c1cc(CP(c2ccc3ccccc3n2)c2ccc3ccccc3n2)c(C23CC4CC(CC(C4)C2CP)C3)cc1C(C)(C)C. The van der Waals surface area contributed by atoms with Crippen LogP contribution >= 0.6 is 17.2 Å². The number of benzene rings is 3. The van der Waals surface area contributed by atoms with Gasteiger partial charge in [-0.15, -0.1) is 9.24 Å². The van der Waals surface area contributed by atoms with Crippen molar-refractivity contribution in [3.63, 3.8) is 0 Å². The smallest absolute Gasteiger partial charge is 0.0709 e. The Morgan fingerprint density at radius 2 is 1.21 bits per heavy atom. The normalized spacial score (nSPS) is 25.4. The number of para-hydroxylation sites is 2. The maximum Gasteiger partial charge on any atom is 0.0709 e. The summed E-state index contributed by atoms with van der Waals surface area (Å²) in [4.78, 5) is 10.8. The zero-order valence-electron chi connectivity index (χ0n) is 29.8. The Hall–Kier alpha value is -2.66. The third kappa shape index (κ3) is 5.64. The highest BCUT2D eigenvalue weighted by Gasteiger charge is 2.57. The third-order valence-electron chi connectivity index (χ3n) is 12.2. The molecule has 4 aliphatic carbocycles. The number of aromatic nitrogens is 2. The average Bonchev–Trinajstić information content (AvgIpc) is 3.05. The van der Waals surface area contributed by atoms with Crippen molar-refractivity contribution >= 4 is 49.8 Å². The maximum atomic E-state index is 5.39. The van der Waals surface area contributed by atoms with E-state index in [0.29, 0.717) is 0 Å². The van der Waals surface area contributed by atoms with Crippen LogP contribution in [0.4, 0.5) is 0 Å². The topological polar surface area (TPSA) is 25.8 Å². The number of hydrogen-bond donors (Lipinski definition) is 0. The van der Waals surface area contributed by atoms with Crippen molar-refractivity contribution in [3.05, 3.63) is 107 Å². The van der Waals surface area contributed by atoms with Crippen LogP contribution in [0.2, 0.25) is 0 Å². The first kappa shape index (κ1) is 32.5. The van der Waals surface area contributed by atoms with Gasteiger partial charge in [-0.3, -0.25) is 0 Å². The Morgan fingerprint density at radius 3 is 1.73 bits per heavy atom. The van der Waals surface area contributed by atoms with Crippen molar-refractivity contribution < 1.29 is 0 Å². The van der Waals surface area contributed by atoms with Crippen molar-refractivity contribution in [1.82, 2.24) is 9.97 Å². The molecule has 0 amide bonds. The van der Waals surface area contributed by atoms with Gasteiger partial charge in [0.25, 0.3) is 0 Å². The van der Waals surface area contributed by atoms with Crippen molar-refractivity contribution in [1.29, 1.82) is 0 Å². The van der Waals surface area contributed by atoms with Crippen LogP contribution in [-0.4, -0.2) is 16.1 Å². The average molecular weight is 671 g/mol. The molecule has 4 saturated carbocycles. The minimum absolute atomic E-state index is 0.0442. The van der Waals surface area contributed by atoms with Gasteiger partial charge in [0.05, 0.1) is 21.9 Å². The predicted octanol–water partition coefficient (Wildman–Crippen LogP) is 10.6. The summed E-state index contributed by atoms with van der Waals surface area (Å²) < 4.78 is 0. The second-order valence-corrected chi connectivity index (χ2v) is 20.0. The van der Waals surface area contributed by atoms with Gasteiger partial charge in [-0.2, -0.15) is 0 Å². The summed E-state index contributed by atoms with van der Waals surface area (Å²) in [6.45, 7) is 14.5. The summed E-state index contributed by atoms with van der Waals surface area (Å²) in [7, 11) is 2.35. The largest absolute Gasteiger partial charge is 0.248 e. The van der Waals surface area contributed by atoms with E-state index in [0.717, 1.165) is 40.9 Å².